The van der Waals surface area contributed by atoms with Gasteiger partial charge >= 0.3 is 0 Å². The molecule has 0 atom stereocenters. The highest BCUT2D eigenvalue weighted by atomic mass is 32.1. The molecule has 0 saturated heterocycles. The summed E-state index contributed by atoms with van der Waals surface area (Å²) in [5.41, 5.74) is 0. The first-order valence-electron chi connectivity index (χ1n) is 6.60. The van der Waals surface area contributed by atoms with Gasteiger partial charge in [-0.1, -0.05) is 24.3 Å². The van der Waals surface area contributed by atoms with E-state index in [1.54, 1.807) is 0 Å². The Hall–Kier alpha value is -1.90. The van der Waals surface area contributed by atoms with Crippen LogP contribution in [-0.4, -0.2) is 0 Å². The van der Waals surface area contributed by atoms with Crippen LogP contribution in [0, 0.1) is 0 Å². The molecular weight excluding hydrogens is 280 g/mol. The average molecular weight is 290 g/mol. The third-order valence-corrected chi connectivity index (χ3v) is 5.91. The first kappa shape index (κ1) is 10.8. The summed E-state index contributed by atoms with van der Waals surface area (Å²) in [7, 11) is 0. The third kappa shape index (κ3) is 1.35. The molecule has 0 amide bonds. The number of hydrogen-bond acceptors (Lipinski definition) is 2. The summed E-state index contributed by atoms with van der Waals surface area (Å²) >= 11 is 3.67. The van der Waals surface area contributed by atoms with Crippen LogP contribution >= 0.6 is 22.7 Å². The van der Waals surface area contributed by atoms with Gasteiger partial charge in [0.25, 0.3) is 0 Å². The van der Waals surface area contributed by atoms with Crippen molar-refractivity contribution >= 4 is 64.4 Å². The van der Waals surface area contributed by atoms with Gasteiger partial charge in [-0.2, -0.15) is 0 Å². The van der Waals surface area contributed by atoms with Crippen LogP contribution in [0.3, 0.4) is 0 Å². The van der Waals surface area contributed by atoms with Crippen molar-refractivity contribution in [3.63, 3.8) is 0 Å². The van der Waals surface area contributed by atoms with Gasteiger partial charge < -0.3 is 0 Å². The first-order valence-corrected chi connectivity index (χ1v) is 8.36. The van der Waals surface area contributed by atoms with Gasteiger partial charge in [0.2, 0.25) is 0 Å². The molecular formula is C18H10S2. The molecule has 0 aliphatic heterocycles. The van der Waals surface area contributed by atoms with E-state index in [1.165, 1.54) is 41.7 Å². The standard InChI is InChI=1S/C18H10S2/c1-3-13-9-14-4-2-12-6-8-20-18(12)16(14)10-15(13)17-11(1)5-7-19-17/h1-10H. The van der Waals surface area contributed by atoms with Crippen LogP contribution in [0.5, 0.6) is 0 Å². The number of rotatable bonds is 0. The minimum absolute atomic E-state index is 1.34. The van der Waals surface area contributed by atoms with Crippen molar-refractivity contribution in [2.75, 3.05) is 0 Å². The van der Waals surface area contributed by atoms with E-state index < -0.39 is 0 Å². The zero-order valence-corrected chi connectivity index (χ0v) is 12.2. The van der Waals surface area contributed by atoms with Crippen LogP contribution in [0.25, 0.3) is 41.7 Å². The topological polar surface area (TPSA) is 0 Å². The average Bonchev–Trinajstić information content (AvgIpc) is 3.13. The molecule has 0 saturated carbocycles. The molecule has 3 aromatic carbocycles. The first-order chi connectivity index (χ1) is 9.90. The molecule has 0 N–H and O–H groups in total. The van der Waals surface area contributed by atoms with Crippen molar-refractivity contribution < 1.29 is 0 Å². The molecule has 2 aromatic heterocycles. The summed E-state index contributed by atoms with van der Waals surface area (Å²) in [4.78, 5) is 0. The fourth-order valence-electron chi connectivity index (χ4n) is 3.00. The lowest BCUT2D eigenvalue weighted by atomic mass is 10.0. The summed E-state index contributed by atoms with van der Waals surface area (Å²) in [6, 6.07) is 18.0. The van der Waals surface area contributed by atoms with Crippen molar-refractivity contribution in [3.8, 4) is 0 Å². The predicted octanol–water partition coefficient (Wildman–Crippen LogP) is 6.42. The van der Waals surface area contributed by atoms with Crippen LogP contribution < -0.4 is 0 Å². The van der Waals surface area contributed by atoms with Gasteiger partial charge in [0, 0.05) is 20.2 Å². The molecule has 2 heteroatoms. The summed E-state index contributed by atoms with van der Waals surface area (Å²) in [6.07, 6.45) is 0. The van der Waals surface area contributed by atoms with Crippen LogP contribution in [0.2, 0.25) is 0 Å². The van der Waals surface area contributed by atoms with Gasteiger partial charge in [-0.3, -0.25) is 0 Å². The van der Waals surface area contributed by atoms with Crippen molar-refractivity contribution in [3.05, 3.63) is 59.3 Å². The van der Waals surface area contributed by atoms with E-state index in [4.69, 9.17) is 0 Å². The Balaban J connectivity index is 2.09. The van der Waals surface area contributed by atoms with Gasteiger partial charge in [-0.15, -0.1) is 22.7 Å². The number of benzene rings is 3. The minimum atomic E-state index is 1.34. The van der Waals surface area contributed by atoms with E-state index in [0.29, 0.717) is 0 Å². The molecule has 94 valence electrons. The highest BCUT2D eigenvalue weighted by molar-refractivity contribution is 7.18. The molecule has 0 nitrogen and oxygen atoms in total. The van der Waals surface area contributed by atoms with Gasteiger partial charge in [0.05, 0.1) is 0 Å². The van der Waals surface area contributed by atoms with E-state index in [-0.39, 0.29) is 0 Å². The Kier molecular flexibility index (Phi) is 2.07. The monoisotopic (exact) mass is 290 g/mol. The maximum absolute atomic E-state index is 2.38. The smallest absolute Gasteiger partial charge is 0.0421 e. The van der Waals surface area contributed by atoms with Crippen molar-refractivity contribution in [2.45, 2.75) is 0 Å². The molecule has 5 aromatic rings. The summed E-state index contributed by atoms with van der Waals surface area (Å²) in [6.45, 7) is 0. The Morgan fingerprint density at radius 3 is 1.55 bits per heavy atom. The predicted molar refractivity (Wildman–Crippen MR) is 92.2 cm³/mol. The van der Waals surface area contributed by atoms with E-state index in [0.717, 1.165) is 0 Å². The second-order valence-corrected chi connectivity index (χ2v) is 6.94. The number of thiophene rings is 2. The van der Waals surface area contributed by atoms with Crippen LogP contribution in [0.4, 0.5) is 0 Å². The van der Waals surface area contributed by atoms with Gasteiger partial charge in [-0.05, 0) is 56.6 Å². The quantitative estimate of drug-likeness (QED) is 0.289. The molecule has 0 spiro atoms. The normalized spacial score (nSPS) is 12.0. The largest absolute Gasteiger partial charge is 0.143 e. The van der Waals surface area contributed by atoms with Crippen LogP contribution in [0.1, 0.15) is 0 Å². The summed E-state index contributed by atoms with van der Waals surface area (Å²) in [5.74, 6) is 0. The fourth-order valence-corrected chi connectivity index (χ4v) is 4.85. The highest BCUT2D eigenvalue weighted by Gasteiger charge is 2.07. The lowest BCUT2D eigenvalue weighted by molar-refractivity contribution is 1.89. The van der Waals surface area contributed by atoms with E-state index >= 15 is 0 Å². The fraction of sp³-hybridized carbons (Fsp3) is 0. The Morgan fingerprint density at radius 1 is 0.500 bits per heavy atom. The van der Waals surface area contributed by atoms with E-state index in [2.05, 4.69) is 59.3 Å². The Labute approximate surface area is 123 Å². The lowest BCUT2D eigenvalue weighted by Gasteiger charge is -2.05. The van der Waals surface area contributed by atoms with E-state index in [1.807, 2.05) is 22.7 Å². The van der Waals surface area contributed by atoms with Gasteiger partial charge in [-0.25, -0.2) is 0 Å². The van der Waals surface area contributed by atoms with Crippen LogP contribution in [0.15, 0.2) is 59.3 Å². The molecule has 20 heavy (non-hydrogen) atoms. The Morgan fingerprint density at radius 2 is 1.00 bits per heavy atom. The van der Waals surface area contributed by atoms with Gasteiger partial charge in [0.1, 0.15) is 0 Å². The molecule has 2 heterocycles. The SMILES string of the molecule is c1cc2ccc3cc4ccc5ccsc5c4cc3c2s1. The summed E-state index contributed by atoms with van der Waals surface area (Å²) < 4.78 is 2.80. The second kappa shape index (κ2) is 3.81. The van der Waals surface area contributed by atoms with Crippen molar-refractivity contribution in [1.82, 2.24) is 0 Å². The molecule has 0 radical (unpaired) electrons. The molecule has 0 aliphatic rings. The Bertz CT molecular complexity index is 1010. The minimum Gasteiger partial charge on any atom is -0.143 e. The highest BCUT2D eigenvalue weighted by Crippen LogP contribution is 2.36. The maximum atomic E-state index is 2.38. The zero-order valence-electron chi connectivity index (χ0n) is 10.6. The number of hydrogen-bond donors (Lipinski definition) is 0. The molecule has 5 rings (SSSR count). The van der Waals surface area contributed by atoms with Gasteiger partial charge in [0.15, 0.2) is 0 Å². The van der Waals surface area contributed by atoms with Crippen molar-refractivity contribution in [2.24, 2.45) is 0 Å². The van der Waals surface area contributed by atoms with E-state index in [9.17, 15) is 0 Å². The second-order valence-electron chi connectivity index (χ2n) is 5.10. The zero-order chi connectivity index (χ0) is 13.1. The summed E-state index contributed by atoms with van der Waals surface area (Å²) in [5, 5.41) is 12.5. The van der Waals surface area contributed by atoms with Crippen molar-refractivity contribution in [1.29, 1.82) is 0 Å². The molecule has 0 fully saturated rings. The third-order valence-electron chi connectivity index (χ3n) is 3.99. The molecule has 0 bridgehead atoms. The molecule has 0 unspecified atom stereocenters. The maximum Gasteiger partial charge on any atom is 0.0421 e. The molecule has 0 aliphatic carbocycles. The van der Waals surface area contributed by atoms with Crippen LogP contribution in [-0.2, 0) is 0 Å². The number of fused-ring (bicyclic) bond motifs is 6. The lowest BCUT2D eigenvalue weighted by Crippen LogP contribution is -1.77.